The second kappa shape index (κ2) is 3.73. The van der Waals surface area contributed by atoms with E-state index in [1.165, 1.54) is 6.07 Å². The zero-order valence-electron chi connectivity index (χ0n) is 7.41. The Morgan fingerprint density at radius 1 is 1.33 bits per heavy atom. The average Bonchev–Trinajstić information content (AvgIpc) is 2.40. The number of nitrogens with two attached hydrogens (primary N) is 1. The zero-order valence-corrected chi connectivity index (χ0v) is 9.94. The summed E-state index contributed by atoms with van der Waals surface area (Å²) in [6.45, 7) is 0. The van der Waals surface area contributed by atoms with Gasteiger partial charge in [-0.15, -0.1) is 0 Å². The summed E-state index contributed by atoms with van der Waals surface area (Å²) in [5, 5.41) is 0. The molecule has 0 spiro atoms. The van der Waals surface area contributed by atoms with Gasteiger partial charge in [0.2, 0.25) is 0 Å². The van der Waals surface area contributed by atoms with Gasteiger partial charge in [0.15, 0.2) is 0 Å². The van der Waals surface area contributed by atoms with E-state index in [9.17, 15) is 11.7 Å². The van der Waals surface area contributed by atoms with Crippen LogP contribution in [0.4, 0.5) is 16.3 Å². The standard InChI is InChI=1S/C8H7F3N2SSe/c9-14(10,11)4-5-1-2-6-7(3-5)15-8(12)13-6/h1-3H,4H2,(H2,12,13). The number of fused-ring (bicyclic) bond motifs is 1. The van der Waals surface area contributed by atoms with Crippen molar-refractivity contribution in [2.75, 3.05) is 5.73 Å². The minimum absolute atomic E-state index is 0.105. The van der Waals surface area contributed by atoms with Gasteiger partial charge >= 0.3 is 92.0 Å². The van der Waals surface area contributed by atoms with Crippen molar-refractivity contribution in [1.82, 2.24) is 4.98 Å². The van der Waals surface area contributed by atoms with E-state index >= 15 is 0 Å². The number of nitrogen functional groups attached to an aromatic ring is 1. The zero-order chi connectivity index (χ0) is 11.1. The first-order chi connectivity index (χ1) is 6.94. The third-order valence-electron chi connectivity index (χ3n) is 1.80. The van der Waals surface area contributed by atoms with Crippen molar-refractivity contribution < 1.29 is 11.7 Å². The van der Waals surface area contributed by atoms with Gasteiger partial charge in [0, 0.05) is 0 Å². The fraction of sp³-hybridized carbons (Fsp3) is 0.125. The van der Waals surface area contributed by atoms with E-state index in [1.54, 1.807) is 12.1 Å². The van der Waals surface area contributed by atoms with E-state index in [0.717, 1.165) is 4.26 Å². The third-order valence-corrected chi connectivity index (χ3v) is 4.24. The molecule has 0 saturated carbocycles. The van der Waals surface area contributed by atoms with Gasteiger partial charge in [-0.25, -0.2) is 0 Å². The number of halogens is 3. The van der Waals surface area contributed by atoms with Crippen LogP contribution in [0.1, 0.15) is 5.56 Å². The number of hydrogen-bond donors (Lipinski definition) is 1. The molecule has 0 bridgehead atoms. The summed E-state index contributed by atoms with van der Waals surface area (Å²) in [5.41, 5.74) is 6.55. The fourth-order valence-electron chi connectivity index (χ4n) is 1.27. The Balaban J connectivity index is 2.38. The van der Waals surface area contributed by atoms with E-state index in [4.69, 9.17) is 5.73 Å². The van der Waals surface area contributed by atoms with Crippen molar-refractivity contribution in [2.24, 2.45) is 0 Å². The van der Waals surface area contributed by atoms with Gasteiger partial charge in [-0.2, -0.15) is 0 Å². The molecule has 2 rings (SSSR count). The first kappa shape index (κ1) is 10.9. The van der Waals surface area contributed by atoms with Gasteiger partial charge in [-0.3, -0.25) is 0 Å². The normalized spacial score (nSPS) is 13.3. The van der Waals surface area contributed by atoms with Crippen LogP contribution in [0.15, 0.2) is 18.2 Å². The molecule has 7 heteroatoms. The van der Waals surface area contributed by atoms with E-state index in [0.29, 0.717) is 15.8 Å². The van der Waals surface area contributed by atoms with Crippen molar-refractivity contribution in [2.45, 2.75) is 5.75 Å². The van der Waals surface area contributed by atoms with Crippen LogP contribution >= 0.6 is 11.2 Å². The number of aromatic nitrogens is 1. The quantitative estimate of drug-likeness (QED) is 0.866. The van der Waals surface area contributed by atoms with Crippen LogP contribution in [-0.2, 0) is 5.75 Å². The molecule has 0 aliphatic carbocycles. The van der Waals surface area contributed by atoms with E-state index in [1.807, 2.05) is 0 Å². The van der Waals surface area contributed by atoms with Gasteiger partial charge in [0.05, 0.1) is 0 Å². The van der Waals surface area contributed by atoms with Gasteiger partial charge in [-0.1, -0.05) is 0 Å². The van der Waals surface area contributed by atoms with Crippen molar-refractivity contribution in [3.8, 4) is 0 Å². The SMILES string of the molecule is Nc1nc2ccc(CS(F)(F)F)cc2[se]1. The molecule has 0 radical (unpaired) electrons. The molecule has 1 heterocycles. The second-order valence-electron chi connectivity index (χ2n) is 3.00. The van der Waals surface area contributed by atoms with E-state index < -0.39 is 16.9 Å². The maximum absolute atomic E-state index is 12.2. The molecule has 0 aliphatic rings. The summed E-state index contributed by atoms with van der Waals surface area (Å²) in [4.78, 5) is 4.04. The van der Waals surface area contributed by atoms with Crippen LogP contribution in [0.5, 0.6) is 0 Å². The molecule has 15 heavy (non-hydrogen) atoms. The molecular formula is C8H7F3N2SSe. The first-order valence-corrected chi connectivity index (χ1v) is 7.20. The van der Waals surface area contributed by atoms with Crippen molar-refractivity contribution in [3.63, 3.8) is 0 Å². The summed E-state index contributed by atoms with van der Waals surface area (Å²) in [5.74, 6) is -0.809. The summed E-state index contributed by atoms with van der Waals surface area (Å²) >= 11 is -5.07. The van der Waals surface area contributed by atoms with Crippen molar-refractivity contribution >= 4 is 40.2 Å². The molecule has 0 saturated heterocycles. The third kappa shape index (κ3) is 2.68. The molecular weight excluding hydrogens is 292 g/mol. The summed E-state index contributed by atoms with van der Waals surface area (Å²) in [7, 11) is 0. The number of hydrogen-bond acceptors (Lipinski definition) is 2. The Morgan fingerprint density at radius 2 is 2.07 bits per heavy atom. The van der Waals surface area contributed by atoms with Crippen LogP contribution in [0, 0.1) is 0 Å². The van der Waals surface area contributed by atoms with Crippen molar-refractivity contribution in [3.05, 3.63) is 23.8 Å². The molecule has 2 nitrogen and oxygen atoms in total. The van der Waals surface area contributed by atoms with Crippen LogP contribution in [0.3, 0.4) is 0 Å². The minimum atomic E-state index is -4.97. The fourth-order valence-corrected chi connectivity index (χ4v) is 3.50. The average molecular weight is 299 g/mol. The number of benzene rings is 1. The Bertz CT molecular complexity index is 494. The van der Waals surface area contributed by atoms with Gasteiger partial charge < -0.3 is 0 Å². The molecule has 1 aromatic carbocycles. The predicted octanol–water partition coefficient (Wildman–Crippen LogP) is 2.83. The Morgan fingerprint density at radius 3 is 2.73 bits per heavy atom. The molecule has 1 aromatic heterocycles. The number of anilines is 1. The Labute approximate surface area is 92.2 Å². The topological polar surface area (TPSA) is 38.9 Å². The summed E-state index contributed by atoms with van der Waals surface area (Å²) < 4.78 is 38.0. The number of rotatable bonds is 2. The van der Waals surface area contributed by atoms with Crippen LogP contribution in [0.25, 0.3) is 9.78 Å². The molecule has 2 aromatic rings. The Kier molecular flexibility index (Phi) is 2.70. The van der Waals surface area contributed by atoms with Gasteiger partial charge in [0.1, 0.15) is 0 Å². The molecule has 0 atom stereocenters. The number of nitrogens with zero attached hydrogens (tertiary/aromatic N) is 1. The predicted molar refractivity (Wildman–Crippen MR) is 57.7 cm³/mol. The summed E-state index contributed by atoms with van der Waals surface area (Å²) in [6.07, 6.45) is 0. The molecule has 0 amide bonds. The molecule has 82 valence electrons. The van der Waals surface area contributed by atoms with E-state index in [2.05, 4.69) is 4.98 Å². The molecule has 0 unspecified atom stereocenters. The first-order valence-electron chi connectivity index (χ1n) is 3.99. The van der Waals surface area contributed by atoms with Crippen LogP contribution in [-0.4, -0.2) is 19.5 Å². The molecule has 0 aliphatic heterocycles. The van der Waals surface area contributed by atoms with Crippen LogP contribution in [0.2, 0.25) is 0 Å². The monoisotopic (exact) mass is 300 g/mol. The van der Waals surface area contributed by atoms with Crippen molar-refractivity contribution in [1.29, 1.82) is 0 Å². The summed E-state index contributed by atoms with van der Waals surface area (Å²) in [6, 6.07) is 4.65. The second-order valence-corrected chi connectivity index (χ2v) is 6.52. The molecule has 0 fully saturated rings. The van der Waals surface area contributed by atoms with Gasteiger partial charge in [0.25, 0.3) is 0 Å². The maximum atomic E-state index is 12.2. The molecule has 2 N–H and O–H groups in total. The van der Waals surface area contributed by atoms with Crippen LogP contribution < -0.4 is 5.73 Å². The van der Waals surface area contributed by atoms with Gasteiger partial charge in [-0.05, 0) is 0 Å². The Hall–Kier alpha value is -0.651. The van der Waals surface area contributed by atoms with E-state index in [-0.39, 0.29) is 14.5 Å².